The Kier molecular flexibility index (Phi) is 3.74. The van der Waals surface area contributed by atoms with E-state index in [9.17, 15) is 4.79 Å². The molecule has 1 aromatic heterocycles. The molecule has 0 aliphatic heterocycles. The van der Waals surface area contributed by atoms with Crippen LogP contribution in [0.25, 0.3) is 0 Å². The van der Waals surface area contributed by atoms with Crippen molar-refractivity contribution in [3.8, 4) is 5.75 Å². The van der Waals surface area contributed by atoms with Crippen molar-refractivity contribution in [2.24, 2.45) is 5.73 Å². The molecule has 1 heterocycles. The SMILES string of the molecule is COc1ccccc1Cn1cnc(=O)c(CN)c1. The minimum Gasteiger partial charge on any atom is -0.496 e. The molecule has 0 radical (unpaired) electrons. The van der Waals surface area contributed by atoms with Gasteiger partial charge in [-0.2, -0.15) is 4.98 Å². The molecule has 18 heavy (non-hydrogen) atoms. The van der Waals surface area contributed by atoms with Crippen LogP contribution in [0.15, 0.2) is 41.6 Å². The number of rotatable bonds is 4. The molecule has 0 fully saturated rings. The minimum absolute atomic E-state index is 0.193. The van der Waals surface area contributed by atoms with Crippen LogP contribution in [0.4, 0.5) is 0 Å². The second-order valence-corrected chi connectivity index (χ2v) is 3.89. The summed E-state index contributed by atoms with van der Waals surface area (Å²) in [5.74, 6) is 0.811. The van der Waals surface area contributed by atoms with E-state index in [1.165, 1.54) is 6.33 Å². The molecule has 2 aromatic rings. The molecule has 1 aromatic carbocycles. The molecule has 0 unspecified atom stereocenters. The zero-order valence-corrected chi connectivity index (χ0v) is 10.2. The Hall–Kier alpha value is -2.14. The third-order valence-corrected chi connectivity index (χ3v) is 2.69. The Bertz CT molecular complexity index is 593. The molecular weight excluding hydrogens is 230 g/mol. The van der Waals surface area contributed by atoms with Gasteiger partial charge in [-0.05, 0) is 6.07 Å². The van der Waals surface area contributed by atoms with Crippen molar-refractivity contribution in [1.82, 2.24) is 9.55 Å². The molecule has 2 rings (SSSR count). The Morgan fingerprint density at radius 1 is 1.33 bits per heavy atom. The number of methoxy groups -OCH3 is 1. The van der Waals surface area contributed by atoms with Gasteiger partial charge in [0, 0.05) is 23.9 Å². The first-order valence-electron chi connectivity index (χ1n) is 5.61. The molecule has 0 atom stereocenters. The summed E-state index contributed by atoms with van der Waals surface area (Å²) in [4.78, 5) is 15.1. The summed E-state index contributed by atoms with van der Waals surface area (Å²) in [6.45, 7) is 0.781. The van der Waals surface area contributed by atoms with Crippen molar-refractivity contribution in [2.75, 3.05) is 7.11 Å². The minimum atomic E-state index is -0.270. The van der Waals surface area contributed by atoms with E-state index in [-0.39, 0.29) is 12.1 Å². The second-order valence-electron chi connectivity index (χ2n) is 3.89. The van der Waals surface area contributed by atoms with Crippen molar-refractivity contribution in [3.63, 3.8) is 0 Å². The first-order chi connectivity index (χ1) is 8.74. The van der Waals surface area contributed by atoms with E-state index in [4.69, 9.17) is 10.5 Å². The van der Waals surface area contributed by atoms with Gasteiger partial charge in [-0.3, -0.25) is 4.79 Å². The van der Waals surface area contributed by atoms with Crippen LogP contribution in [-0.2, 0) is 13.1 Å². The van der Waals surface area contributed by atoms with E-state index in [1.54, 1.807) is 13.3 Å². The lowest BCUT2D eigenvalue weighted by Gasteiger charge is -2.10. The number of hydrogen-bond acceptors (Lipinski definition) is 4. The van der Waals surface area contributed by atoms with Crippen molar-refractivity contribution in [3.05, 3.63) is 58.3 Å². The molecule has 0 saturated heterocycles. The van der Waals surface area contributed by atoms with E-state index in [1.807, 2.05) is 28.8 Å². The van der Waals surface area contributed by atoms with E-state index in [2.05, 4.69) is 4.98 Å². The molecular formula is C13H15N3O2. The molecule has 0 aliphatic rings. The van der Waals surface area contributed by atoms with Crippen molar-refractivity contribution >= 4 is 0 Å². The van der Waals surface area contributed by atoms with Gasteiger partial charge in [-0.25, -0.2) is 0 Å². The maximum Gasteiger partial charge on any atom is 0.277 e. The van der Waals surface area contributed by atoms with Crippen molar-refractivity contribution < 1.29 is 4.74 Å². The molecule has 0 aliphatic carbocycles. The number of ether oxygens (including phenoxy) is 1. The van der Waals surface area contributed by atoms with Crippen LogP contribution < -0.4 is 16.0 Å². The number of hydrogen-bond donors (Lipinski definition) is 1. The maximum atomic E-state index is 11.3. The van der Waals surface area contributed by atoms with Crippen molar-refractivity contribution in [2.45, 2.75) is 13.1 Å². The molecule has 5 nitrogen and oxygen atoms in total. The van der Waals surface area contributed by atoms with E-state index in [0.29, 0.717) is 12.1 Å². The molecule has 0 bridgehead atoms. The Morgan fingerprint density at radius 2 is 2.11 bits per heavy atom. The highest BCUT2D eigenvalue weighted by molar-refractivity contribution is 5.33. The van der Waals surface area contributed by atoms with Gasteiger partial charge in [0.1, 0.15) is 5.75 Å². The van der Waals surface area contributed by atoms with Gasteiger partial charge in [0.25, 0.3) is 5.56 Å². The Balaban J connectivity index is 2.31. The van der Waals surface area contributed by atoms with Crippen LogP contribution in [-0.4, -0.2) is 16.7 Å². The third kappa shape index (κ3) is 2.57. The summed E-state index contributed by atoms with van der Waals surface area (Å²) < 4.78 is 7.10. The molecule has 0 saturated carbocycles. The predicted octanol–water partition coefficient (Wildman–Crippen LogP) is 0.759. The van der Waals surface area contributed by atoms with Gasteiger partial charge in [0.2, 0.25) is 0 Å². The van der Waals surface area contributed by atoms with Crippen LogP contribution in [0.1, 0.15) is 11.1 Å². The van der Waals surface area contributed by atoms with Gasteiger partial charge < -0.3 is 15.0 Å². The van der Waals surface area contributed by atoms with Gasteiger partial charge in [0.15, 0.2) is 0 Å². The fraction of sp³-hybridized carbons (Fsp3) is 0.231. The predicted molar refractivity (Wildman–Crippen MR) is 68.5 cm³/mol. The van der Waals surface area contributed by atoms with E-state index in [0.717, 1.165) is 11.3 Å². The largest absolute Gasteiger partial charge is 0.496 e. The quantitative estimate of drug-likeness (QED) is 0.863. The Morgan fingerprint density at radius 3 is 2.83 bits per heavy atom. The zero-order valence-electron chi connectivity index (χ0n) is 10.2. The number of nitrogens with zero attached hydrogens (tertiary/aromatic N) is 2. The molecule has 94 valence electrons. The topological polar surface area (TPSA) is 70.1 Å². The van der Waals surface area contributed by atoms with Crippen molar-refractivity contribution in [1.29, 1.82) is 0 Å². The maximum absolute atomic E-state index is 11.3. The highest BCUT2D eigenvalue weighted by Crippen LogP contribution is 2.18. The highest BCUT2D eigenvalue weighted by atomic mass is 16.5. The van der Waals surface area contributed by atoms with Crippen LogP contribution in [0.5, 0.6) is 5.75 Å². The fourth-order valence-electron chi connectivity index (χ4n) is 1.75. The average molecular weight is 245 g/mol. The number of aromatic nitrogens is 2. The number of benzene rings is 1. The second kappa shape index (κ2) is 5.46. The van der Waals surface area contributed by atoms with Gasteiger partial charge in [0.05, 0.1) is 20.0 Å². The summed E-state index contributed by atoms with van der Waals surface area (Å²) in [6.07, 6.45) is 3.23. The zero-order chi connectivity index (χ0) is 13.0. The molecule has 5 heteroatoms. The summed E-state index contributed by atoms with van der Waals surface area (Å²) in [7, 11) is 1.63. The number of nitrogens with two attached hydrogens (primary N) is 1. The van der Waals surface area contributed by atoms with Crippen LogP contribution in [0, 0.1) is 0 Å². The van der Waals surface area contributed by atoms with Crippen LogP contribution in [0.2, 0.25) is 0 Å². The molecule has 0 amide bonds. The van der Waals surface area contributed by atoms with Gasteiger partial charge in [-0.15, -0.1) is 0 Å². The molecule has 0 spiro atoms. The lowest BCUT2D eigenvalue weighted by Crippen LogP contribution is -2.19. The first kappa shape index (κ1) is 12.3. The van der Waals surface area contributed by atoms with Crippen LogP contribution in [0.3, 0.4) is 0 Å². The number of para-hydroxylation sites is 1. The normalized spacial score (nSPS) is 10.3. The van der Waals surface area contributed by atoms with E-state index >= 15 is 0 Å². The smallest absolute Gasteiger partial charge is 0.277 e. The summed E-state index contributed by atoms with van der Waals surface area (Å²) >= 11 is 0. The van der Waals surface area contributed by atoms with Gasteiger partial charge >= 0.3 is 0 Å². The van der Waals surface area contributed by atoms with Crippen LogP contribution >= 0.6 is 0 Å². The molecule has 2 N–H and O–H groups in total. The average Bonchev–Trinajstić information content (AvgIpc) is 2.41. The monoisotopic (exact) mass is 245 g/mol. The fourth-order valence-corrected chi connectivity index (χ4v) is 1.75. The summed E-state index contributed by atoms with van der Waals surface area (Å²) in [5.41, 5.74) is 6.75. The summed E-state index contributed by atoms with van der Waals surface area (Å²) in [5, 5.41) is 0. The highest BCUT2D eigenvalue weighted by Gasteiger charge is 2.04. The lowest BCUT2D eigenvalue weighted by molar-refractivity contribution is 0.408. The first-order valence-corrected chi connectivity index (χ1v) is 5.61. The van der Waals surface area contributed by atoms with Gasteiger partial charge in [-0.1, -0.05) is 18.2 Å². The Labute approximate surface area is 105 Å². The third-order valence-electron chi connectivity index (χ3n) is 2.69. The van der Waals surface area contributed by atoms with E-state index < -0.39 is 0 Å². The lowest BCUT2D eigenvalue weighted by atomic mass is 10.2. The summed E-state index contributed by atoms with van der Waals surface area (Å²) in [6, 6.07) is 7.73. The standard InChI is InChI=1S/C13H15N3O2/c1-18-12-5-3-2-4-10(12)7-16-8-11(6-14)13(17)15-9-16/h2-5,8-9H,6-7,14H2,1H3.